The zero-order valence-electron chi connectivity index (χ0n) is 14.5. The molecule has 0 aliphatic heterocycles. The first-order valence-electron chi connectivity index (χ1n) is 8.46. The predicted octanol–water partition coefficient (Wildman–Crippen LogP) is 5.81. The molecule has 1 aromatic heterocycles. The number of rotatable bonds is 4. The summed E-state index contributed by atoms with van der Waals surface area (Å²) in [7, 11) is 0. The number of carbonyl (C=O) groups is 1. The Morgan fingerprint density at radius 1 is 0.964 bits per heavy atom. The van der Waals surface area contributed by atoms with E-state index in [4.69, 9.17) is 28.2 Å². The lowest BCUT2D eigenvalue weighted by Gasteiger charge is -2.10. The number of fused-ring (bicyclic) bond motifs is 1. The number of halogens is 1. The van der Waals surface area contributed by atoms with Gasteiger partial charge in [0.15, 0.2) is 5.76 Å². The van der Waals surface area contributed by atoms with Crippen LogP contribution in [0.4, 0.5) is 5.69 Å². The van der Waals surface area contributed by atoms with Crippen LogP contribution in [0.3, 0.4) is 0 Å². The summed E-state index contributed by atoms with van der Waals surface area (Å²) in [6, 6.07) is 20.6. The van der Waals surface area contributed by atoms with Gasteiger partial charge >= 0.3 is 0 Å². The summed E-state index contributed by atoms with van der Waals surface area (Å²) in [4.78, 5) is 13.4. The van der Waals surface area contributed by atoms with E-state index in [0.717, 1.165) is 5.39 Å². The average molecular weight is 408 g/mol. The Kier molecular flexibility index (Phi) is 4.86. The number of aromatic hydroxyl groups is 1. The Morgan fingerprint density at radius 2 is 1.64 bits per heavy atom. The van der Waals surface area contributed by atoms with Crippen LogP contribution in [0, 0.1) is 0 Å². The van der Waals surface area contributed by atoms with Crippen molar-refractivity contribution in [3.8, 4) is 5.75 Å². The first kappa shape index (κ1) is 18.2. The molecule has 0 spiro atoms. The van der Waals surface area contributed by atoms with Crippen molar-refractivity contribution >= 4 is 51.2 Å². The van der Waals surface area contributed by atoms with Crippen LogP contribution in [0.15, 0.2) is 77.2 Å². The standard InChI is InChI=1S/C22H14ClNO3S/c23-14-11-9-13(10-12-14)20(26)21-19(16-6-2-4-8-18(16)27-21)24-22(28)15-5-1-3-7-17(15)25/h1-12,25H,(H,24,28). The lowest BCUT2D eigenvalue weighted by Crippen LogP contribution is -2.13. The maximum Gasteiger partial charge on any atom is 0.230 e. The fraction of sp³-hybridized carbons (Fsp3) is 0. The van der Waals surface area contributed by atoms with E-state index in [1.54, 1.807) is 54.6 Å². The monoisotopic (exact) mass is 407 g/mol. The third-order valence-electron chi connectivity index (χ3n) is 4.30. The zero-order valence-corrected chi connectivity index (χ0v) is 16.1. The summed E-state index contributed by atoms with van der Waals surface area (Å²) >= 11 is 11.4. The minimum Gasteiger partial charge on any atom is -0.507 e. The Bertz CT molecular complexity index is 1200. The van der Waals surface area contributed by atoms with Gasteiger partial charge in [-0.2, -0.15) is 0 Å². The average Bonchev–Trinajstić information content (AvgIpc) is 3.07. The van der Waals surface area contributed by atoms with Crippen LogP contribution in [0.25, 0.3) is 11.0 Å². The number of phenols is 1. The third kappa shape index (κ3) is 3.38. The Balaban J connectivity index is 1.79. The van der Waals surface area contributed by atoms with Crippen molar-refractivity contribution in [2.24, 2.45) is 0 Å². The van der Waals surface area contributed by atoms with Crippen molar-refractivity contribution in [1.82, 2.24) is 0 Å². The van der Waals surface area contributed by atoms with Gasteiger partial charge in [0.2, 0.25) is 5.78 Å². The van der Waals surface area contributed by atoms with Crippen LogP contribution < -0.4 is 5.32 Å². The van der Waals surface area contributed by atoms with Crippen molar-refractivity contribution in [3.63, 3.8) is 0 Å². The topological polar surface area (TPSA) is 62.5 Å². The molecule has 0 unspecified atom stereocenters. The van der Waals surface area contributed by atoms with E-state index in [1.165, 1.54) is 0 Å². The maximum atomic E-state index is 13.1. The minimum atomic E-state index is -0.296. The Labute approximate surface area is 171 Å². The van der Waals surface area contributed by atoms with E-state index in [-0.39, 0.29) is 22.3 Å². The second-order valence-corrected chi connectivity index (χ2v) is 6.95. The highest BCUT2D eigenvalue weighted by atomic mass is 35.5. The number of hydrogen-bond acceptors (Lipinski definition) is 4. The molecule has 0 saturated carbocycles. The largest absolute Gasteiger partial charge is 0.507 e. The number of phenolic OH excluding ortho intramolecular Hbond substituents is 1. The molecular weight excluding hydrogens is 394 g/mol. The first-order chi connectivity index (χ1) is 13.5. The van der Waals surface area contributed by atoms with E-state index >= 15 is 0 Å². The summed E-state index contributed by atoms with van der Waals surface area (Å²) < 4.78 is 5.85. The van der Waals surface area contributed by atoms with Gasteiger partial charge in [0.25, 0.3) is 0 Å². The molecule has 0 bridgehead atoms. The molecule has 6 heteroatoms. The highest BCUT2D eigenvalue weighted by Gasteiger charge is 2.23. The first-order valence-corrected chi connectivity index (χ1v) is 9.24. The van der Waals surface area contributed by atoms with Crippen molar-refractivity contribution in [2.45, 2.75) is 0 Å². The quantitative estimate of drug-likeness (QED) is 0.330. The number of benzene rings is 3. The number of carbonyl (C=O) groups excluding carboxylic acids is 1. The van der Waals surface area contributed by atoms with Gasteiger partial charge in [-0.1, -0.05) is 48.1 Å². The normalized spacial score (nSPS) is 10.8. The summed E-state index contributed by atoms with van der Waals surface area (Å²) in [5.74, 6) is -0.102. The number of nitrogens with one attached hydrogen (secondary N) is 1. The fourth-order valence-electron chi connectivity index (χ4n) is 2.91. The molecule has 0 radical (unpaired) electrons. The third-order valence-corrected chi connectivity index (χ3v) is 4.87. The number of furan rings is 1. The molecule has 28 heavy (non-hydrogen) atoms. The SMILES string of the molecule is O=C(c1ccc(Cl)cc1)c1oc2ccccc2c1NC(=S)c1ccccc1O. The van der Waals surface area contributed by atoms with Crippen LogP contribution in [-0.2, 0) is 0 Å². The molecule has 138 valence electrons. The lowest BCUT2D eigenvalue weighted by atomic mass is 10.1. The molecule has 4 rings (SSSR count). The second kappa shape index (κ2) is 7.46. The number of hydrogen-bond donors (Lipinski definition) is 2. The highest BCUT2D eigenvalue weighted by Crippen LogP contribution is 2.33. The number of anilines is 1. The van der Waals surface area contributed by atoms with Gasteiger partial charge in [-0.05, 0) is 48.5 Å². The maximum absolute atomic E-state index is 13.1. The zero-order chi connectivity index (χ0) is 19.7. The number of ketones is 1. The second-order valence-electron chi connectivity index (χ2n) is 6.11. The Hall–Kier alpha value is -3.15. The molecule has 2 N–H and O–H groups in total. The summed E-state index contributed by atoms with van der Waals surface area (Å²) in [5.41, 5.74) is 1.93. The van der Waals surface area contributed by atoms with E-state index in [1.807, 2.05) is 18.2 Å². The molecule has 0 fully saturated rings. The molecule has 0 amide bonds. The molecule has 0 aliphatic rings. The predicted molar refractivity (Wildman–Crippen MR) is 115 cm³/mol. The molecule has 1 heterocycles. The molecule has 0 atom stereocenters. The smallest absolute Gasteiger partial charge is 0.230 e. The lowest BCUT2D eigenvalue weighted by molar-refractivity contribution is 0.101. The van der Waals surface area contributed by atoms with E-state index in [2.05, 4.69) is 5.32 Å². The van der Waals surface area contributed by atoms with E-state index in [9.17, 15) is 9.90 Å². The van der Waals surface area contributed by atoms with Gasteiger partial charge in [-0.25, -0.2) is 0 Å². The molecule has 0 saturated heterocycles. The summed E-state index contributed by atoms with van der Waals surface area (Å²) in [6.45, 7) is 0. The Morgan fingerprint density at radius 3 is 2.39 bits per heavy atom. The highest BCUT2D eigenvalue weighted by molar-refractivity contribution is 7.81. The van der Waals surface area contributed by atoms with Crippen molar-refractivity contribution in [3.05, 3.63) is 94.7 Å². The summed E-state index contributed by atoms with van der Waals surface area (Å²) in [6.07, 6.45) is 0. The van der Waals surface area contributed by atoms with Gasteiger partial charge in [-0.3, -0.25) is 4.79 Å². The number of para-hydroxylation sites is 2. The molecule has 4 nitrogen and oxygen atoms in total. The van der Waals surface area contributed by atoms with Gasteiger partial charge in [0.05, 0.1) is 11.3 Å². The van der Waals surface area contributed by atoms with E-state index in [0.29, 0.717) is 27.4 Å². The van der Waals surface area contributed by atoms with Gasteiger partial charge in [0, 0.05) is 16.0 Å². The van der Waals surface area contributed by atoms with Crippen LogP contribution >= 0.6 is 23.8 Å². The van der Waals surface area contributed by atoms with Gasteiger partial charge in [0.1, 0.15) is 16.3 Å². The van der Waals surface area contributed by atoms with Crippen molar-refractivity contribution < 1.29 is 14.3 Å². The van der Waals surface area contributed by atoms with Crippen molar-refractivity contribution in [1.29, 1.82) is 0 Å². The van der Waals surface area contributed by atoms with Crippen LogP contribution in [0.2, 0.25) is 5.02 Å². The fourth-order valence-corrected chi connectivity index (χ4v) is 3.31. The van der Waals surface area contributed by atoms with E-state index < -0.39 is 0 Å². The summed E-state index contributed by atoms with van der Waals surface area (Å²) in [5, 5.41) is 14.4. The van der Waals surface area contributed by atoms with Crippen LogP contribution in [0.5, 0.6) is 5.75 Å². The van der Waals surface area contributed by atoms with Gasteiger partial charge in [-0.15, -0.1) is 0 Å². The molecule has 0 aliphatic carbocycles. The van der Waals surface area contributed by atoms with Crippen LogP contribution in [-0.4, -0.2) is 15.9 Å². The minimum absolute atomic E-state index is 0.0541. The number of thiocarbonyl (C=S) groups is 1. The van der Waals surface area contributed by atoms with Crippen LogP contribution in [0.1, 0.15) is 21.7 Å². The van der Waals surface area contributed by atoms with Gasteiger partial charge < -0.3 is 14.8 Å². The van der Waals surface area contributed by atoms with Crippen molar-refractivity contribution in [2.75, 3.05) is 5.32 Å². The molecule has 4 aromatic rings. The molecular formula is C22H14ClNO3S. The molecule has 3 aromatic carbocycles.